The molecule has 0 radical (unpaired) electrons. The van der Waals surface area contributed by atoms with E-state index in [-0.39, 0.29) is 16.9 Å². The van der Waals surface area contributed by atoms with Crippen LogP contribution in [0.2, 0.25) is 0 Å². The van der Waals surface area contributed by atoms with Crippen LogP contribution in [0.15, 0.2) is 30.4 Å². The Labute approximate surface area is 198 Å². The van der Waals surface area contributed by atoms with Crippen LogP contribution in [0.1, 0.15) is 70.8 Å². The van der Waals surface area contributed by atoms with Gasteiger partial charge < -0.3 is 25.0 Å². The number of hydrogen-bond donors (Lipinski definition) is 3. The smallest absolute Gasteiger partial charge is 0.231 e. The quantitative estimate of drug-likeness (QED) is 0.424. The van der Waals surface area contributed by atoms with E-state index in [9.17, 15) is 10.2 Å². The van der Waals surface area contributed by atoms with Crippen molar-refractivity contribution in [2.45, 2.75) is 84.0 Å². The van der Waals surface area contributed by atoms with Crippen LogP contribution in [0, 0.1) is 28.6 Å². The normalized spacial score (nSPS) is 40.1. The van der Waals surface area contributed by atoms with Gasteiger partial charge in [0.15, 0.2) is 11.5 Å². The molecule has 7 atom stereocenters. The van der Waals surface area contributed by atoms with Crippen LogP contribution in [0.3, 0.4) is 0 Å². The highest BCUT2D eigenvalue weighted by Gasteiger charge is 2.56. The molecule has 5 rings (SSSR count). The average Bonchev–Trinajstić information content (AvgIpc) is 3.38. The zero-order valence-corrected chi connectivity index (χ0v) is 20.3. The summed E-state index contributed by atoms with van der Waals surface area (Å²) >= 11 is 0. The minimum atomic E-state index is -0.413. The van der Waals surface area contributed by atoms with Gasteiger partial charge in [0, 0.05) is 6.54 Å². The van der Waals surface area contributed by atoms with E-state index >= 15 is 0 Å². The van der Waals surface area contributed by atoms with Crippen molar-refractivity contribution >= 4 is 0 Å². The zero-order valence-electron chi connectivity index (χ0n) is 20.3. The topological polar surface area (TPSA) is 71.0 Å². The van der Waals surface area contributed by atoms with E-state index < -0.39 is 6.10 Å². The van der Waals surface area contributed by atoms with Crippen LogP contribution in [-0.4, -0.2) is 35.8 Å². The number of rotatable bonds is 6. The summed E-state index contributed by atoms with van der Waals surface area (Å²) in [5, 5.41) is 24.9. The summed E-state index contributed by atoms with van der Waals surface area (Å²) in [4.78, 5) is 0. The molecule has 3 fully saturated rings. The molecule has 182 valence electrons. The van der Waals surface area contributed by atoms with Crippen molar-refractivity contribution in [3.8, 4) is 11.5 Å². The molecule has 0 saturated heterocycles. The van der Waals surface area contributed by atoms with Gasteiger partial charge in [-0.25, -0.2) is 0 Å². The molecule has 3 saturated carbocycles. The standard InChI is InChI=1S/C28H41NO4/c1-18-4-6-22-21(10-13-29-16-19-5-7-24-25(14-19)33-17-32-24)23(9-12-27(18,22)2)28(3)11-8-20(30)15-26(28)31/h5,7,14,20-23,26,29-31H,1,4,6,8-13,15-17H2,2-3H3/t20-,21-,22-,23+,26-,27+,28+/m0/s1. The number of allylic oxidation sites excluding steroid dienone is 1. The van der Waals surface area contributed by atoms with Crippen LogP contribution < -0.4 is 14.8 Å². The molecule has 0 amide bonds. The molecule has 33 heavy (non-hydrogen) atoms. The average molecular weight is 456 g/mol. The molecular formula is C28H41NO4. The van der Waals surface area contributed by atoms with Gasteiger partial charge in [-0.15, -0.1) is 0 Å². The predicted molar refractivity (Wildman–Crippen MR) is 129 cm³/mol. The van der Waals surface area contributed by atoms with Crippen molar-refractivity contribution in [2.24, 2.45) is 28.6 Å². The SMILES string of the molecule is C=C1CC[C@H]2[C@H](CCNCc3ccc4c(c3)OCO4)[C@H]([C@@]3(C)CC[C@H](O)C[C@@H]3O)CC[C@]12C. The van der Waals surface area contributed by atoms with Crippen molar-refractivity contribution in [3.05, 3.63) is 35.9 Å². The van der Waals surface area contributed by atoms with Gasteiger partial charge in [-0.05, 0) is 104 Å². The van der Waals surface area contributed by atoms with Crippen LogP contribution >= 0.6 is 0 Å². The second-order valence-corrected chi connectivity index (χ2v) is 11.6. The molecular weight excluding hydrogens is 414 g/mol. The first kappa shape index (κ1) is 23.2. The fraction of sp³-hybridized carbons (Fsp3) is 0.714. The molecule has 0 aromatic heterocycles. The maximum atomic E-state index is 11.1. The summed E-state index contributed by atoms with van der Waals surface area (Å²) in [7, 11) is 0. The first-order valence-corrected chi connectivity index (χ1v) is 12.9. The lowest BCUT2D eigenvalue weighted by atomic mass is 9.50. The number of benzene rings is 1. The Balaban J connectivity index is 1.28. The molecule has 1 aromatic rings. The van der Waals surface area contributed by atoms with E-state index in [2.05, 4.69) is 37.9 Å². The monoisotopic (exact) mass is 455 g/mol. The fourth-order valence-electron chi connectivity index (χ4n) is 7.69. The molecule has 3 N–H and O–H groups in total. The maximum absolute atomic E-state index is 11.1. The Morgan fingerprint density at radius 3 is 2.70 bits per heavy atom. The van der Waals surface area contributed by atoms with E-state index in [0.29, 0.717) is 31.0 Å². The van der Waals surface area contributed by atoms with E-state index in [1.165, 1.54) is 24.0 Å². The third-order valence-electron chi connectivity index (χ3n) is 9.93. The summed E-state index contributed by atoms with van der Waals surface area (Å²) in [6, 6.07) is 6.17. The minimum absolute atomic E-state index is 0.105. The van der Waals surface area contributed by atoms with Gasteiger partial charge in [0.2, 0.25) is 6.79 Å². The lowest BCUT2D eigenvalue weighted by molar-refractivity contribution is -0.120. The predicted octanol–water partition coefficient (Wildman–Crippen LogP) is 4.81. The van der Waals surface area contributed by atoms with Crippen LogP contribution in [0.4, 0.5) is 0 Å². The molecule has 5 nitrogen and oxygen atoms in total. The first-order valence-electron chi connectivity index (χ1n) is 12.9. The van der Waals surface area contributed by atoms with Gasteiger partial charge in [0.1, 0.15) is 0 Å². The van der Waals surface area contributed by atoms with Gasteiger partial charge in [0.05, 0.1) is 12.2 Å². The largest absolute Gasteiger partial charge is 0.454 e. The van der Waals surface area contributed by atoms with Gasteiger partial charge in [-0.3, -0.25) is 0 Å². The third-order valence-corrected chi connectivity index (χ3v) is 9.93. The maximum Gasteiger partial charge on any atom is 0.231 e. The van der Waals surface area contributed by atoms with E-state index in [4.69, 9.17) is 9.47 Å². The number of hydrogen-bond acceptors (Lipinski definition) is 5. The Hall–Kier alpha value is -1.56. The molecule has 5 heteroatoms. The highest BCUT2D eigenvalue weighted by atomic mass is 16.7. The Bertz CT molecular complexity index is 887. The number of ether oxygens (including phenoxy) is 2. The molecule has 1 aromatic carbocycles. The third kappa shape index (κ3) is 4.11. The van der Waals surface area contributed by atoms with Crippen molar-refractivity contribution in [3.63, 3.8) is 0 Å². The number of nitrogens with one attached hydrogen (secondary N) is 1. The number of aliphatic hydroxyl groups excluding tert-OH is 2. The summed E-state index contributed by atoms with van der Waals surface area (Å²) in [6.07, 6.45) is 7.33. The number of aliphatic hydroxyl groups is 2. The molecule has 0 bridgehead atoms. The van der Waals surface area contributed by atoms with Crippen LogP contribution in [-0.2, 0) is 6.54 Å². The van der Waals surface area contributed by atoms with Crippen molar-refractivity contribution in [1.29, 1.82) is 0 Å². The van der Waals surface area contributed by atoms with Crippen molar-refractivity contribution < 1.29 is 19.7 Å². The summed E-state index contributed by atoms with van der Waals surface area (Å²) in [5.41, 5.74) is 2.79. The lowest BCUT2D eigenvalue weighted by Gasteiger charge is -2.55. The number of fused-ring (bicyclic) bond motifs is 2. The highest BCUT2D eigenvalue weighted by molar-refractivity contribution is 5.44. The first-order chi connectivity index (χ1) is 15.8. The van der Waals surface area contributed by atoms with E-state index in [1.54, 1.807) is 0 Å². The van der Waals surface area contributed by atoms with Gasteiger partial charge in [0.25, 0.3) is 0 Å². The Kier molecular flexibility index (Phi) is 6.26. The fourth-order valence-corrected chi connectivity index (χ4v) is 7.69. The minimum Gasteiger partial charge on any atom is -0.454 e. The molecule has 0 unspecified atom stereocenters. The Morgan fingerprint density at radius 2 is 1.88 bits per heavy atom. The summed E-state index contributed by atoms with van der Waals surface area (Å²) in [5.74, 6) is 3.38. The van der Waals surface area contributed by atoms with Gasteiger partial charge in [-0.1, -0.05) is 32.1 Å². The molecule has 1 aliphatic heterocycles. The summed E-state index contributed by atoms with van der Waals surface area (Å²) < 4.78 is 10.9. The van der Waals surface area contributed by atoms with E-state index in [1.807, 2.05) is 6.07 Å². The molecule has 1 heterocycles. The Morgan fingerprint density at radius 1 is 1.06 bits per heavy atom. The summed E-state index contributed by atoms with van der Waals surface area (Å²) in [6.45, 7) is 11.3. The molecule has 3 aliphatic carbocycles. The van der Waals surface area contributed by atoms with Crippen LogP contribution in [0.5, 0.6) is 11.5 Å². The second kappa shape index (κ2) is 8.90. The van der Waals surface area contributed by atoms with Gasteiger partial charge in [-0.2, -0.15) is 0 Å². The second-order valence-electron chi connectivity index (χ2n) is 11.6. The van der Waals surface area contributed by atoms with Crippen LogP contribution in [0.25, 0.3) is 0 Å². The molecule has 0 spiro atoms. The lowest BCUT2D eigenvalue weighted by Crippen LogP contribution is -2.52. The van der Waals surface area contributed by atoms with Gasteiger partial charge >= 0.3 is 0 Å². The molecule has 4 aliphatic rings. The van der Waals surface area contributed by atoms with E-state index in [0.717, 1.165) is 56.7 Å². The van der Waals surface area contributed by atoms with Crippen molar-refractivity contribution in [2.75, 3.05) is 13.3 Å². The van der Waals surface area contributed by atoms with Crippen molar-refractivity contribution in [1.82, 2.24) is 5.32 Å². The highest BCUT2D eigenvalue weighted by Crippen LogP contribution is 2.63. The zero-order chi connectivity index (χ0) is 23.2.